The van der Waals surface area contributed by atoms with E-state index in [1.807, 2.05) is 24.3 Å². The van der Waals surface area contributed by atoms with E-state index in [2.05, 4.69) is 24.7 Å². The van der Waals surface area contributed by atoms with Gasteiger partial charge in [-0.3, -0.25) is 20.4 Å². The number of carbonyl (C=O) groups excluding carboxylic acids is 2. The molecule has 2 aromatic rings. The zero-order chi connectivity index (χ0) is 18.2. The Bertz CT molecular complexity index is 714. The summed E-state index contributed by atoms with van der Waals surface area (Å²) in [6, 6.07) is 12.6. The number of benzene rings is 2. The van der Waals surface area contributed by atoms with Crippen molar-refractivity contribution in [3.63, 3.8) is 0 Å². The molecule has 0 aliphatic heterocycles. The minimum atomic E-state index is -0.536. The maximum atomic E-state index is 12.8. The summed E-state index contributed by atoms with van der Waals surface area (Å²) in [6.07, 6.45) is 1.05. The van der Waals surface area contributed by atoms with Crippen LogP contribution >= 0.6 is 0 Å². The van der Waals surface area contributed by atoms with Crippen molar-refractivity contribution in [2.75, 3.05) is 6.61 Å². The summed E-state index contributed by atoms with van der Waals surface area (Å²) >= 11 is 0. The predicted molar refractivity (Wildman–Crippen MR) is 92.7 cm³/mol. The monoisotopic (exact) mass is 344 g/mol. The number of halogens is 1. The number of ether oxygens (including phenoxy) is 1. The predicted octanol–water partition coefficient (Wildman–Crippen LogP) is 3.18. The van der Waals surface area contributed by atoms with Gasteiger partial charge >= 0.3 is 0 Å². The number of amides is 2. The Morgan fingerprint density at radius 2 is 1.68 bits per heavy atom. The Kier molecular flexibility index (Phi) is 6.51. The van der Waals surface area contributed by atoms with Crippen molar-refractivity contribution < 1.29 is 18.7 Å². The molecule has 2 N–H and O–H groups in total. The number of carbonyl (C=O) groups is 2. The molecule has 2 rings (SSSR count). The number of hydrogen-bond acceptors (Lipinski definition) is 3. The molecule has 25 heavy (non-hydrogen) atoms. The number of rotatable bonds is 6. The maximum Gasteiger partial charge on any atom is 0.276 e. The first-order chi connectivity index (χ1) is 12.0. The van der Waals surface area contributed by atoms with Crippen molar-refractivity contribution in [2.24, 2.45) is 0 Å². The summed E-state index contributed by atoms with van der Waals surface area (Å²) in [5.74, 6) is -0.424. The van der Waals surface area contributed by atoms with E-state index in [0.29, 0.717) is 11.7 Å². The van der Waals surface area contributed by atoms with Gasteiger partial charge in [-0.15, -0.1) is 0 Å². The minimum Gasteiger partial charge on any atom is -0.484 e. The summed E-state index contributed by atoms with van der Waals surface area (Å²) in [5, 5.41) is 0. The van der Waals surface area contributed by atoms with Crippen LogP contribution in [0.3, 0.4) is 0 Å². The van der Waals surface area contributed by atoms with E-state index in [4.69, 9.17) is 4.74 Å². The number of nitrogens with one attached hydrogen (secondary N) is 2. The van der Waals surface area contributed by atoms with Gasteiger partial charge in [0.15, 0.2) is 6.61 Å². The first kappa shape index (κ1) is 18.4. The molecule has 2 amide bonds. The minimum absolute atomic E-state index is 0.230. The van der Waals surface area contributed by atoms with Gasteiger partial charge in [-0.05, 0) is 54.3 Å². The first-order valence-electron chi connectivity index (χ1n) is 8.07. The highest BCUT2D eigenvalue weighted by Crippen LogP contribution is 2.21. The molecule has 0 aliphatic rings. The average Bonchev–Trinajstić information content (AvgIpc) is 2.64. The normalized spacial score (nSPS) is 11.5. The molecule has 0 unspecified atom stereocenters. The highest BCUT2D eigenvalue weighted by molar-refractivity contribution is 5.95. The summed E-state index contributed by atoms with van der Waals surface area (Å²) in [7, 11) is 0. The van der Waals surface area contributed by atoms with Gasteiger partial charge in [0, 0.05) is 5.56 Å². The van der Waals surface area contributed by atoms with E-state index in [9.17, 15) is 14.0 Å². The van der Waals surface area contributed by atoms with Gasteiger partial charge in [-0.1, -0.05) is 26.0 Å². The van der Waals surface area contributed by atoms with Gasteiger partial charge < -0.3 is 4.74 Å². The number of hydrogen-bond donors (Lipinski definition) is 2. The molecule has 0 aliphatic carbocycles. The molecule has 0 bridgehead atoms. The molecule has 0 fully saturated rings. The average molecular weight is 344 g/mol. The lowest BCUT2D eigenvalue weighted by atomic mass is 9.99. The van der Waals surface area contributed by atoms with Crippen molar-refractivity contribution >= 4 is 11.8 Å². The van der Waals surface area contributed by atoms with Gasteiger partial charge in [0.05, 0.1) is 0 Å². The molecule has 0 saturated heterocycles. The van der Waals surface area contributed by atoms with Gasteiger partial charge in [0.25, 0.3) is 11.8 Å². The van der Waals surface area contributed by atoms with Gasteiger partial charge in [-0.25, -0.2) is 4.39 Å². The largest absolute Gasteiger partial charge is 0.484 e. The lowest BCUT2D eigenvalue weighted by Crippen LogP contribution is -2.43. The highest BCUT2D eigenvalue weighted by Gasteiger charge is 2.08. The standard InChI is InChI=1S/C19H21FN2O3/c1-3-13(2)14-6-10-17(11-7-14)25-12-18(23)21-22-19(24)15-4-8-16(20)9-5-15/h4-11,13H,3,12H2,1-2H3,(H,21,23)(H,22,24)/t13-/m0/s1. The lowest BCUT2D eigenvalue weighted by Gasteiger charge is -2.11. The topological polar surface area (TPSA) is 67.4 Å². The Labute approximate surface area is 146 Å². The molecule has 0 saturated carbocycles. The maximum absolute atomic E-state index is 12.8. The third-order valence-electron chi connectivity index (χ3n) is 3.85. The van der Waals surface area contributed by atoms with Crippen molar-refractivity contribution in [2.45, 2.75) is 26.2 Å². The molecular formula is C19H21FN2O3. The van der Waals surface area contributed by atoms with E-state index in [1.54, 1.807) is 0 Å². The van der Waals surface area contributed by atoms with Crippen LogP contribution in [0, 0.1) is 5.82 Å². The second kappa shape index (κ2) is 8.82. The van der Waals surface area contributed by atoms with Crippen LogP contribution in [0.5, 0.6) is 5.75 Å². The van der Waals surface area contributed by atoms with Crippen molar-refractivity contribution in [1.29, 1.82) is 0 Å². The molecule has 0 aromatic heterocycles. The fraction of sp³-hybridized carbons (Fsp3) is 0.263. The Balaban J connectivity index is 1.76. The highest BCUT2D eigenvalue weighted by atomic mass is 19.1. The van der Waals surface area contributed by atoms with Crippen LogP contribution in [-0.2, 0) is 4.79 Å². The zero-order valence-corrected chi connectivity index (χ0v) is 14.2. The second-order valence-corrected chi connectivity index (χ2v) is 5.68. The summed E-state index contributed by atoms with van der Waals surface area (Å²) in [5.41, 5.74) is 5.95. The van der Waals surface area contributed by atoms with Crippen molar-refractivity contribution in [3.8, 4) is 5.75 Å². The van der Waals surface area contributed by atoms with E-state index < -0.39 is 17.6 Å². The van der Waals surface area contributed by atoms with Crippen LogP contribution in [0.25, 0.3) is 0 Å². The van der Waals surface area contributed by atoms with E-state index >= 15 is 0 Å². The Morgan fingerprint density at radius 3 is 2.28 bits per heavy atom. The van der Waals surface area contributed by atoms with Gasteiger partial charge in [0.1, 0.15) is 11.6 Å². The first-order valence-corrected chi connectivity index (χ1v) is 8.07. The SMILES string of the molecule is CC[C@H](C)c1ccc(OCC(=O)NNC(=O)c2ccc(F)cc2)cc1. The molecule has 2 aromatic carbocycles. The van der Waals surface area contributed by atoms with E-state index in [0.717, 1.165) is 6.42 Å². The lowest BCUT2D eigenvalue weighted by molar-refractivity contribution is -0.123. The van der Waals surface area contributed by atoms with Crippen LogP contribution in [0.4, 0.5) is 4.39 Å². The fourth-order valence-electron chi connectivity index (χ4n) is 2.11. The van der Waals surface area contributed by atoms with Crippen molar-refractivity contribution in [1.82, 2.24) is 10.9 Å². The number of hydrazine groups is 1. The smallest absolute Gasteiger partial charge is 0.276 e. The fourth-order valence-corrected chi connectivity index (χ4v) is 2.11. The zero-order valence-electron chi connectivity index (χ0n) is 14.2. The molecule has 0 heterocycles. The van der Waals surface area contributed by atoms with E-state index in [-0.39, 0.29) is 12.2 Å². The second-order valence-electron chi connectivity index (χ2n) is 5.68. The summed E-state index contributed by atoms with van der Waals surface area (Å²) in [6.45, 7) is 4.04. The molecule has 0 radical (unpaired) electrons. The van der Waals surface area contributed by atoms with Crippen LogP contribution in [0.2, 0.25) is 0 Å². The van der Waals surface area contributed by atoms with Crippen LogP contribution in [0.1, 0.15) is 42.1 Å². The summed E-state index contributed by atoms with van der Waals surface area (Å²) in [4.78, 5) is 23.5. The molecule has 0 spiro atoms. The summed E-state index contributed by atoms with van der Waals surface area (Å²) < 4.78 is 18.2. The third kappa shape index (κ3) is 5.60. The molecule has 6 heteroatoms. The van der Waals surface area contributed by atoms with Gasteiger partial charge in [0.2, 0.25) is 0 Å². The Hall–Kier alpha value is -2.89. The van der Waals surface area contributed by atoms with Gasteiger partial charge in [-0.2, -0.15) is 0 Å². The van der Waals surface area contributed by atoms with Crippen LogP contribution < -0.4 is 15.6 Å². The third-order valence-corrected chi connectivity index (χ3v) is 3.85. The van der Waals surface area contributed by atoms with Crippen LogP contribution in [0.15, 0.2) is 48.5 Å². The Morgan fingerprint density at radius 1 is 1.04 bits per heavy atom. The van der Waals surface area contributed by atoms with E-state index in [1.165, 1.54) is 29.8 Å². The quantitative estimate of drug-likeness (QED) is 0.791. The molecule has 5 nitrogen and oxygen atoms in total. The molecule has 132 valence electrons. The molecular weight excluding hydrogens is 323 g/mol. The van der Waals surface area contributed by atoms with Crippen LogP contribution in [-0.4, -0.2) is 18.4 Å². The van der Waals surface area contributed by atoms with Crippen molar-refractivity contribution in [3.05, 3.63) is 65.5 Å². The molecule has 1 atom stereocenters.